The lowest BCUT2D eigenvalue weighted by atomic mass is 9.83. The maximum absolute atomic E-state index is 10.5. The predicted octanol–water partition coefficient (Wildman–Crippen LogP) is 6.42. The molecule has 0 spiro atoms. The summed E-state index contributed by atoms with van der Waals surface area (Å²) in [5, 5.41) is 8.78. The Balaban J connectivity index is 0.000000426. The molecule has 1 aliphatic carbocycles. The van der Waals surface area contributed by atoms with E-state index in [0.29, 0.717) is 0 Å². The van der Waals surface area contributed by atoms with Crippen LogP contribution in [0.1, 0.15) is 31.9 Å². The minimum atomic E-state index is -5.19. The van der Waals surface area contributed by atoms with Gasteiger partial charge in [0.1, 0.15) is 5.97 Å². The highest BCUT2D eigenvalue weighted by molar-refractivity contribution is 5.80. The maximum Gasteiger partial charge on any atom is 0.430 e. The van der Waals surface area contributed by atoms with Crippen molar-refractivity contribution in [3.05, 3.63) is 102 Å². The molecular weight excluding hydrogens is 487 g/mol. The van der Waals surface area contributed by atoms with Gasteiger partial charge < -0.3 is 9.90 Å². The number of nitrogens with zero attached hydrogens (tertiary/aromatic N) is 1. The Morgan fingerprint density at radius 3 is 1.87 bits per heavy atom. The van der Waals surface area contributed by atoms with Crippen LogP contribution in [0.25, 0.3) is 33.6 Å². The zero-order valence-corrected chi connectivity index (χ0v) is 21.7. The number of carboxylic acids is 1. The van der Waals surface area contributed by atoms with Gasteiger partial charge in [0, 0.05) is 28.2 Å². The van der Waals surface area contributed by atoms with Gasteiger partial charge in [-0.05, 0) is 47.7 Å². The van der Waals surface area contributed by atoms with Crippen LogP contribution in [0, 0.1) is 5.41 Å². The predicted molar refractivity (Wildman–Crippen MR) is 141 cm³/mol. The van der Waals surface area contributed by atoms with Gasteiger partial charge in [-0.25, -0.2) is 0 Å². The van der Waals surface area contributed by atoms with E-state index in [4.69, 9.17) is 9.90 Å². The van der Waals surface area contributed by atoms with Crippen LogP contribution in [-0.2, 0) is 24.2 Å². The third-order valence-corrected chi connectivity index (χ3v) is 6.39. The molecule has 0 N–H and O–H groups in total. The Morgan fingerprint density at radius 2 is 1.32 bits per heavy atom. The van der Waals surface area contributed by atoms with Crippen molar-refractivity contribution < 1.29 is 27.6 Å². The second-order valence-electron chi connectivity index (χ2n) is 10.6. The lowest BCUT2D eigenvalue weighted by Crippen LogP contribution is -2.46. The summed E-state index contributed by atoms with van der Waals surface area (Å²) in [6.07, 6.45) is -3.01. The number of halogens is 3. The highest BCUT2D eigenvalue weighted by Crippen LogP contribution is 2.39. The van der Waals surface area contributed by atoms with Gasteiger partial charge >= 0.3 is 6.18 Å². The molecular formula is C32H30F3NO2. The van der Waals surface area contributed by atoms with Crippen LogP contribution in [0.3, 0.4) is 0 Å². The Hall–Kier alpha value is -3.93. The van der Waals surface area contributed by atoms with Gasteiger partial charge in [0.05, 0.1) is 0 Å². The number of carbonyl (C=O) groups excluding carboxylic acids is 1. The van der Waals surface area contributed by atoms with Crippen LogP contribution in [0.2, 0.25) is 0 Å². The first kappa shape index (κ1) is 27.1. The fraction of sp³-hybridized carbons (Fsp3) is 0.250. The molecule has 0 radical (unpaired) electrons. The van der Waals surface area contributed by atoms with Gasteiger partial charge in [-0.2, -0.15) is 17.7 Å². The van der Waals surface area contributed by atoms with Crippen molar-refractivity contribution in [3.8, 4) is 33.6 Å². The lowest BCUT2D eigenvalue weighted by Gasteiger charge is -2.25. The second-order valence-corrected chi connectivity index (χ2v) is 10.6. The number of rotatable bonds is 3. The van der Waals surface area contributed by atoms with Crippen LogP contribution in [0.15, 0.2) is 91.0 Å². The number of carbonyl (C=O) groups is 1. The highest BCUT2D eigenvalue weighted by atomic mass is 19.4. The molecule has 0 saturated carbocycles. The van der Waals surface area contributed by atoms with E-state index in [1.807, 2.05) is 0 Å². The fourth-order valence-corrected chi connectivity index (χ4v) is 4.86. The number of benzene rings is 3. The Morgan fingerprint density at radius 1 is 0.789 bits per heavy atom. The normalized spacial score (nSPS) is 12.6. The van der Waals surface area contributed by atoms with Crippen LogP contribution >= 0.6 is 0 Å². The van der Waals surface area contributed by atoms with Crippen LogP contribution < -0.4 is 9.67 Å². The van der Waals surface area contributed by atoms with Gasteiger partial charge in [-0.1, -0.05) is 87.5 Å². The molecule has 0 bridgehead atoms. The van der Waals surface area contributed by atoms with Crippen LogP contribution in [0.5, 0.6) is 0 Å². The molecule has 196 valence electrons. The average Bonchev–Trinajstić information content (AvgIpc) is 2.88. The zero-order chi connectivity index (χ0) is 27.5. The quantitative estimate of drug-likeness (QED) is 0.295. The van der Waals surface area contributed by atoms with E-state index in [1.165, 1.54) is 44.8 Å². The molecule has 0 aliphatic heterocycles. The smallest absolute Gasteiger partial charge is 0.430 e. The molecule has 1 aromatic heterocycles. The van der Waals surface area contributed by atoms with Gasteiger partial charge in [0.25, 0.3) is 0 Å². The molecule has 0 atom stereocenters. The summed E-state index contributed by atoms with van der Waals surface area (Å²) >= 11 is 0. The number of fused-ring (bicyclic) bond motifs is 3. The van der Waals surface area contributed by atoms with Gasteiger partial charge in [-0.3, -0.25) is 0 Å². The number of pyridine rings is 1. The van der Waals surface area contributed by atoms with E-state index < -0.39 is 12.1 Å². The number of carboxylic acid groups (broad SMARTS) is 1. The maximum atomic E-state index is 10.5. The average molecular weight is 518 g/mol. The molecule has 3 nitrogen and oxygen atoms in total. The largest absolute Gasteiger partial charge is 0.542 e. The minimum absolute atomic E-state index is 0.169. The first-order chi connectivity index (χ1) is 18.0. The SMILES string of the molecule is CC(C)(C)C[n+]1c(-c2ccccc2)cc(-c2ccccc2)c2c1-c1ccccc1CC2.O=C([O-])C(F)(F)F. The summed E-state index contributed by atoms with van der Waals surface area (Å²) in [7, 11) is 0. The third kappa shape index (κ3) is 6.13. The molecule has 38 heavy (non-hydrogen) atoms. The van der Waals surface area contributed by atoms with Crippen molar-refractivity contribution in [2.45, 2.75) is 46.3 Å². The second kappa shape index (κ2) is 10.8. The Kier molecular flexibility index (Phi) is 7.72. The molecule has 4 aromatic rings. The summed E-state index contributed by atoms with van der Waals surface area (Å²) in [5.74, 6) is -3.01. The fourth-order valence-electron chi connectivity index (χ4n) is 4.86. The van der Waals surface area contributed by atoms with E-state index in [1.54, 1.807) is 0 Å². The Labute approximate surface area is 221 Å². The molecule has 0 fully saturated rings. The summed E-state index contributed by atoms with van der Waals surface area (Å²) in [6, 6.07) is 33.2. The number of aromatic nitrogens is 1. The highest BCUT2D eigenvalue weighted by Gasteiger charge is 2.34. The van der Waals surface area contributed by atoms with Gasteiger partial charge in [0.2, 0.25) is 11.4 Å². The van der Waals surface area contributed by atoms with E-state index in [9.17, 15) is 13.2 Å². The van der Waals surface area contributed by atoms with Crippen LogP contribution in [-0.4, -0.2) is 12.1 Å². The third-order valence-electron chi connectivity index (χ3n) is 6.39. The number of aryl methyl sites for hydroxylation is 1. The minimum Gasteiger partial charge on any atom is -0.542 e. The Bertz CT molecular complexity index is 1420. The van der Waals surface area contributed by atoms with Crippen molar-refractivity contribution in [1.82, 2.24) is 0 Å². The summed E-state index contributed by atoms with van der Waals surface area (Å²) in [6.45, 7) is 7.98. The number of hydrogen-bond donors (Lipinski definition) is 0. The standard InChI is InChI=1S/C30H30N.C2HF3O2/c1-30(2,3)21-31-28(24-15-8-5-9-16-24)20-27(22-12-6-4-7-13-22)26-19-18-23-14-10-11-17-25(23)29(26)31;3-2(4,5)1(6)7/h4-17,20H,18-19,21H2,1-3H3;(H,6,7)/q+1;/p-1. The molecule has 0 amide bonds. The van der Waals surface area contributed by atoms with Crippen molar-refractivity contribution >= 4 is 5.97 Å². The van der Waals surface area contributed by atoms with E-state index in [2.05, 4.69) is 116 Å². The number of aliphatic carboxylic acids is 1. The van der Waals surface area contributed by atoms with E-state index >= 15 is 0 Å². The summed E-state index contributed by atoms with van der Waals surface area (Å²) < 4.78 is 34.1. The summed E-state index contributed by atoms with van der Waals surface area (Å²) in [4.78, 5) is 8.78. The van der Waals surface area contributed by atoms with Crippen molar-refractivity contribution in [3.63, 3.8) is 0 Å². The molecule has 3 aromatic carbocycles. The monoisotopic (exact) mass is 517 g/mol. The van der Waals surface area contributed by atoms with Gasteiger partial charge in [0.15, 0.2) is 6.54 Å². The van der Waals surface area contributed by atoms with E-state index in [-0.39, 0.29) is 5.41 Å². The lowest BCUT2D eigenvalue weighted by molar-refractivity contribution is -0.687. The zero-order valence-electron chi connectivity index (χ0n) is 21.7. The first-order valence-electron chi connectivity index (χ1n) is 12.5. The topological polar surface area (TPSA) is 44.0 Å². The molecule has 6 heteroatoms. The van der Waals surface area contributed by atoms with Crippen molar-refractivity contribution in [2.24, 2.45) is 5.41 Å². The molecule has 0 unspecified atom stereocenters. The molecule has 5 rings (SSSR count). The molecule has 0 saturated heterocycles. The van der Waals surface area contributed by atoms with E-state index in [0.717, 1.165) is 19.4 Å². The number of alkyl halides is 3. The van der Waals surface area contributed by atoms with Crippen LogP contribution in [0.4, 0.5) is 13.2 Å². The van der Waals surface area contributed by atoms with Crippen molar-refractivity contribution in [1.29, 1.82) is 0 Å². The van der Waals surface area contributed by atoms with Crippen molar-refractivity contribution in [2.75, 3.05) is 0 Å². The number of hydrogen-bond acceptors (Lipinski definition) is 2. The molecule has 1 aliphatic rings. The van der Waals surface area contributed by atoms with Gasteiger partial charge in [-0.15, -0.1) is 0 Å². The molecule has 1 heterocycles. The summed E-state index contributed by atoms with van der Waals surface area (Å²) in [5.41, 5.74) is 11.1. The first-order valence-corrected chi connectivity index (χ1v) is 12.5.